The molecule has 1 aromatic rings. The molecule has 2 amide bonds. The lowest BCUT2D eigenvalue weighted by Gasteiger charge is -2.26. The van der Waals surface area contributed by atoms with Crippen LogP contribution in [-0.2, 0) is 14.3 Å². The second-order valence-corrected chi connectivity index (χ2v) is 6.50. The summed E-state index contributed by atoms with van der Waals surface area (Å²) >= 11 is 5.66. The van der Waals surface area contributed by atoms with E-state index in [1.165, 1.54) is 24.1 Å². The fourth-order valence-corrected chi connectivity index (χ4v) is 1.88. The average molecular weight is 361 g/mol. The van der Waals surface area contributed by atoms with Crippen LogP contribution in [0, 0.1) is 5.82 Å². The maximum Gasteiger partial charge on any atom is 0.410 e. The van der Waals surface area contributed by atoms with Crippen LogP contribution in [-0.4, -0.2) is 49.3 Å². The first-order valence-corrected chi connectivity index (χ1v) is 7.72. The first-order valence-electron chi connectivity index (χ1n) is 7.34. The standard InChI is InChI=1S/C16H22ClFN2O4/c1-16(2,3)24-15(22)20(7-8-23-4)10-14(21)19-13-6-5-11(17)9-12(13)18/h5-6,9H,7-8,10H2,1-4H3,(H,19,21). The fraction of sp³-hybridized carbons (Fsp3) is 0.500. The summed E-state index contributed by atoms with van der Waals surface area (Å²) in [4.78, 5) is 25.4. The fourth-order valence-electron chi connectivity index (χ4n) is 1.72. The molecule has 134 valence electrons. The number of carbonyl (C=O) groups excluding carboxylic acids is 2. The number of nitrogens with zero attached hydrogens (tertiary/aromatic N) is 1. The number of methoxy groups -OCH3 is 1. The molecule has 0 aromatic heterocycles. The lowest BCUT2D eigenvalue weighted by Crippen LogP contribution is -2.42. The van der Waals surface area contributed by atoms with Gasteiger partial charge in [0, 0.05) is 18.7 Å². The molecule has 8 heteroatoms. The third kappa shape index (κ3) is 7.14. The maximum atomic E-state index is 13.7. The highest BCUT2D eigenvalue weighted by atomic mass is 35.5. The van der Waals surface area contributed by atoms with Gasteiger partial charge in [-0.1, -0.05) is 11.6 Å². The summed E-state index contributed by atoms with van der Waals surface area (Å²) in [5.74, 6) is -1.21. The molecule has 0 saturated carbocycles. The molecule has 0 atom stereocenters. The molecule has 1 N–H and O–H groups in total. The van der Waals surface area contributed by atoms with E-state index in [9.17, 15) is 14.0 Å². The van der Waals surface area contributed by atoms with Crippen LogP contribution >= 0.6 is 11.6 Å². The van der Waals surface area contributed by atoms with Crippen molar-refractivity contribution in [1.29, 1.82) is 0 Å². The molecule has 0 aliphatic rings. The van der Waals surface area contributed by atoms with Crippen molar-refractivity contribution in [1.82, 2.24) is 4.90 Å². The first kappa shape index (κ1) is 20.2. The molecule has 0 saturated heterocycles. The lowest BCUT2D eigenvalue weighted by atomic mass is 10.2. The number of halogens is 2. The Bertz CT molecular complexity index is 590. The summed E-state index contributed by atoms with van der Waals surface area (Å²) in [5, 5.41) is 2.62. The predicted molar refractivity (Wildman–Crippen MR) is 89.7 cm³/mol. The Kier molecular flexibility index (Phi) is 7.44. The van der Waals surface area contributed by atoms with Crippen molar-refractivity contribution in [3.63, 3.8) is 0 Å². The number of hydrogen-bond donors (Lipinski definition) is 1. The molecule has 0 fully saturated rings. The highest BCUT2D eigenvalue weighted by Gasteiger charge is 2.24. The highest BCUT2D eigenvalue weighted by Crippen LogP contribution is 2.19. The van der Waals surface area contributed by atoms with Crippen LogP contribution in [0.1, 0.15) is 20.8 Å². The van der Waals surface area contributed by atoms with E-state index < -0.39 is 23.4 Å². The summed E-state index contributed by atoms with van der Waals surface area (Å²) < 4.78 is 23.9. The van der Waals surface area contributed by atoms with Gasteiger partial charge in [0.15, 0.2) is 0 Å². The van der Waals surface area contributed by atoms with Crippen molar-refractivity contribution in [3.05, 3.63) is 29.0 Å². The van der Waals surface area contributed by atoms with E-state index >= 15 is 0 Å². The minimum absolute atomic E-state index is 0.0136. The molecule has 0 aliphatic heterocycles. The SMILES string of the molecule is COCCN(CC(=O)Nc1ccc(Cl)cc1F)C(=O)OC(C)(C)C. The zero-order chi connectivity index (χ0) is 18.3. The van der Waals surface area contributed by atoms with Gasteiger partial charge in [-0.2, -0.15) is 0 Å². The molecule has 0 radical (unpaired) electrons. The Morgan fingerprint density at radius 3 is 2.54 bits per heavy atom. The average Bonchev–Trinajstić information content (AvgIpc) is 2.44. The minimum atomic E-state index is -0.693. The zero-order valence-electron chi connectivity index (χ0n) is 14.2. The van der Waals surface area contributed by atoms with E-state index in [1.807, 2.05) is 0 Å². The van der Waals surface area contributed by atoms with Crippen LogP contribution in [0.4, 0.5) is 14.9 Å². The van der Waals surface area contributed by atoms with Gasteiger partial charge in [-0.25, -0.2) is 9.18 Å². The molecule has 0 aliphatic carbocycles. The Morgan fingerprint density at radius 1 is 1.33 bits per heavy atom. The van der Waals surface area contributed by atoms with E-state index in [2.05, 4.69) is 5.32 Å². The van der Waals surface area contributed by atoms with Crippen LogP contribution in [0.5, 0.6) is 0 Å². The summed E-state index contributed by atoms with van der Waals surface area (Å²) in [6.07, 6.45) is -0.647. The summed E-state index contributed by atoms with van der Waals surface area (Å²) in [6.45, 7) is 5.29. The van der Waals surface area contributed by atoms with Crippen LogP contribution in [0.25, 0.3) is 0 Å². The second kappa shape index (κ2) is 8.84. The number of hydrogen-bond acceptors (Lipinski definition) is 4. The van der Waals surface area contributed by atoms with Crippen molar-refractivity contribution in [3.8, 4) is 0 Å². The van der Waals surface area contributed by atoms with Crippen molar-refractivity contribution >= 4 is 29.3 Å². The van der Waals surface area contributed by atoms with E-state index in [0.717, 1.165) is 6.07 Å². The van der Waals surface area contributed by atoms with Gasteiger partial charge in [0.25, 0.3) is 0 Å². The van der Waals surface area contributed by atoms with Crippen LogP contribution in [0.2, 0.25) is 5.02 Å². The van der Waals surface area contributed by atoms with E-state index in [0.29, 0.717) is 0 Å². The van der Waals surface area contributed by atoms with Crippen LogP contribution in [0.3, 0.4) is 0 Å². The Labute approximate surface area is 145 Å². The molecule has 0 bridgehead atoms. The Balaban J connectivity index is 2.74. The number of ether oxygens (including phenoxy) is 2. The van der Waals surface area contributed by atoms with Gasteiger partial charge in [0.2, 0.25) is 5.91 Å². The zero-order valence-corrected chi connectivity index (χ0v) is 14.9. The molecule has 1 rings (SSSR count). The van der Waals surface area contributed by atoms with E-state index in [1.54, 1.807) is 20.8 Å². The Hall–Kier alpha value is -1.86. The monoisotopic (exact) mass is 360 g/mol. The molecular formula is C16H22ClFN2O4. The third-order valence-electron chi connectivity index (χ3n) is 2.76. The largest absolute Gasteiger partial charge is 0.444 e. The molecule has 6 nitrogen and oxygen atoms in total. The van der Waals surface area contributed by atoms with Gasteiger partial charge in [0.1, 0.15) is 18.0 Å². The minimum Gasteiger partial charge on any atom is -0.444 e. The number of nitrogens with one attached hydrogen (secondary N) is 1. The van der Waals surface area contributed by atoms with Crippen molar-refractivity contribution in [2.45, 2.75) is 26.4 Å². The molecule has 1 aromatic carbocycles. The lowest BCUT2D eigenvalue weighted by molar-refractivity contribution is -0.117. The van der Waals surface area contributed by atoms with Gasteiger partial charge >= 0.3 is 6.09 Å². The molecule has 0 heterocycles. The molecular weight excluding hydrogens is 339 g/mol. The summed E-state index contributed by atoms with van der Waals surface area (Å²) in [5.41, 5.74) is -0.707. The highest BCUT2D eigenvalue weighted by molar-refractivity contribution is 6.30. The normalized spacial score (nSPS) is 11.1. The van der Waals surface area contributed by atoms with Gasteiger partial charge in [0.05, 0.1) is 12.3 Å². The van der Waals surface area contributed by atoms with Gasteiger partial charge in [-0.05, 0) is 39.0 Å². The van der Waals surface area contributed by atoms with Gasteiger partial charge in [-0.3, -0.25) is 9.69 Å². The van der Waals surface area contributed by atoms with Crippen LogP contribution < -0.4 is 5.32 Å². The van der Waals surface area contributed by atoms with E-state index in [4.69, 9.17) is 21.1 Å². The van der Waals surface area contributed by atoms with Crippen molar-refractivity contribution in [2.24, 2.45) is 0 Å². The first-order chi connectivity index (χ1) is 11.1. The number of amides is 2. The Morgan fingerprint density at radius 2 is 2.00 bits per heavy atom. The second-order valence-electron chi connectivity index (χ2n) is 6.07. The van der Waals surface area contributed by atoms with E-state index in [-0.39, 0.29) is 30.4 Å². The number of anilines is 1. The summed E-state index contributed by atoms with van der Waals surface area (Å²) in [7, 11) is 1.48. The number of carbonyl (C=O) groups is 2. The van der Waals surface area contributed by atoms with Crippen molar-refractivity contribution < 1.29 is 23.5 Å². The van der Waals surface area contributed by atoms with Crippen LogP contribution in [0.15, 0.2) is 18.2 Å². The smallest absolute Gasteiger partial charge is 0.410 e. The number of benzene rings is 1. The number of rotatable bonds is 6. The molecule has 0 spiro atoms. The maximum absolute atomic E-state index is 13.7. The topological polar surface area (TPSA) is 67.9 Å². The van der Waals surface area contributed by atoms with Gasteiger partial charge < -0.3 is 14.8 Å². The van der Waals surface area contributed by atoms with Crippen molar-refractivity contribution in [2.75, 3.05) is 32.1 Å². The quantitative estimate of drug-likeness (QED) is 0.845. The summed E-state index contributed by atoms with van der Waals surface area (Å²) in [6, 6.07) is 3.90. The van der Waals surface area contributed by atoms with Gasteiger partial charge in [-0.15, -0.1) is 0 Å². The third-order valence-corrected chi connectivity index (χ3v) is 2.99. The predicted octanol–water partition coefficient (Wildman–Crippen LogP) is 3.30. The molecule has 24 heavy (non-hydrogen) atoms. The molecule has 0 unspecified atom stereocenters.